The first kappa shape index (κ1) is 10.3. The highest BCUT2D eigenvalue weighted by Crippen LogP contribution is 2.04. The second-order valence-electron chi connectivity index (χ2n) is 2.63. The highest BCUT2D eigenvalue weighted by atomic mass is 14.5. The Balaban J connectivity index is 3.48. The van der Waals surface area contributed by atoms with Gasteiger partial charge in [0, 0.05) is 0 Å². The zero-order valence-electron chi connectivity index (χ0n) is 7.48. The van der Waals surface area contributed by atoms with E-state index in [1.165, 1.54) is 12.0 Å². The molecule has 0 bridgehead atoms. The third-order valence-electron chi connectivity index (χ3n) is 1.49. The molecule has 0 aliphatic heterocycles. The Morgan fingerprint density at radius 2 is 2.18 bits per heavy atom. The van der Waals surface area contributed by atoms with Crippen LogP contribution in [0.3, 0.4) is 0 Å². The van der Waals surface area contributed by atoms with Crippen molar-refractivity contribution in [2.45, 2.75) is 33.1 Å². The van der Waals surface area contributed by atoms with Crippen LogP contribution in [0.25, 0.3) is 0 Å². The molecule has 1 heteroatoms. The second kappa shape index (κ2) is 7.37. The first-order chi connectivity index (χ1) is 5.31. The maximum absolute atomic E-state index is 5.37. The largest absolute Gasteiger partial charge is 0.330 e. The van der Waals surface area contributed by atoms with Gasteiger partial charge in [0.2, 0.25) is 0 Å². The Morgan fingerprint density at radius 3 is 2.73 bits per heavy atom. The normalized spacial score (nSPS) is 10.6. The fraction of sp³-hybridized carbons (Fsp3) is 0.600. The van der Waals surface area contributed by atoms with Crippen LogP contribution in [0.15, 0.2) is 11.6 Å². The molecule has 0 unspecified atom stereocenters. The summed E-state index contributed by atoms with van der Waals surface area (Å²) in [6, 6.07) is 0. The summed E-state index contributed by atoms with van der Waals surface area (Å²) in [6.45, 7) is 4.76. The highest BCUT2D eigenvalue weighted by molar-refractivity contribution is 5.18. The Kier molecular flexibility index (Phi) is 6.87. The van der Waals surface area contributed by atoms with Crippen LogP contribution in [-0.2, 0) is 0 Å². The molecule has 11 heavy (non-hydrogen) atoms. The summed E-state index contributed by atoms with van der Waals surface area (Å²) in [5, 5.41) is 0. The zero-order chi connectivity index (χ0) is 8.53. The van der Waals surface area contributed by atoms with Crippen molar-refractivity contribution in [3.63, 3.8) is 0 Å². The summed E-state index contributed by atoms with van der Waals surface area (Å²) in [5.74, 6) is 5.77. The summed E-state index contributed by atoms with van der Waals surface area (Å²) in [4.78, 5) is 0. The van der Waals surface area contributed by atoms with Crippen LogP contribution in [0.1, 0.15) is 33.1 Å². The van der Waals surface area contributed by atoms with Crippen molar-refractivity contribution in [1.82, 2.24) is 0 Å². The minimum Gasteiger partial charge on any atom is -0.330 e. The zero-order valence-corrected chi connectivity index (χ0v) is 7.48. The van der Waals surface area contributed by atoms with Gasteiger partial charge in [0.05, 0.1) is 0 Å². The second-order valence-corrected chi connectivity index (χ2v) is 2.63. The van der Waals surface area contributed by atoms with E-state index >= 15 is 0 Å². The van der Waals surface area contributed by atoms with E-state index in [-0.39, 0.29) is 0 Å². The van der Waals surface area contributed by atoms with Gasteiger partial charge < -0.3 is 5.73 Å². The van der Waals surface area contributed by atoms with Gasteiger partial charge in [-0.05, 0) is 45.7 Å². The van der Waals surface area contributed by atoms with Gasteiger partial charge in [-0.15, -0.1) is 5.92 Å². The van der Waals surface area contributed by atoms with Crippen LogP contribution >= 0.6 is 0 Å². The Hall–Kier alpha value is -0.740. The van der Waals surface area contributed by atoms with E-state index in [9.17, 15) is 0 Å². The van der Waals surface area contributed by atoms with E-state index in [1.807, 2.05) is 13.0 Å². The lowest BCUT2D eigenvalue weighted by Gasteiger charge is -1.96. The van der Waals surface area contributed by atoms with Gasteiger partial charge in [-0.1, -0.05) is 11.5 Å². The molecule has 0 heterocycles. The average Bonchev–Trinajstić information content (AvgIpc) is 2.01. The Bertz CT molecular complexity index is 169. The van der Waals surface area contributed by atoms with Crippen molar-refractivity contribution in [3.8, 4) is 11.8 Å². The lowest BCUT2D eigenvalue weighted by molar-refractivity contribution is 0.740. The van der Waals surface area contributed by atoms with E-state index in [0.717, 1.165) is 19.4 Å². The standard InChI is InChI=1S/C10H17N/c1-3-4-7-10(2)8-5-6-9-11/h7H,5-6,8-9,11H2,1-2H3/b10-7-. The van der Waals surface area contributed by atoms with E-state index in [4.69, 9.17) is 5.73 Å². The summed E-state index contributed by atoms with van der Waals surface area (Å²) >= 11 is 0. The lowest BCUT2D eigenvalue weighted by atomic mass is 10.1. The van der Waals surface area contributed by atoms with Crippen LogP contribution in [0.4, 0.5) is 0 Å². The number of allylic oxidation sites excluding steroid dienone is 2. The van der Waals surface area contributed by atoms with Crippen LogP contribution in [-0.4, -0.2) is 6.54 Å². The third-order valence-corrected chi connectivity index (χ3v) is 1.49. The fourth-order valence-corrected chi connectivity index (χ4v) is 0.816. The molecule has 1 nitrogen and oxygen atoms in total. The maximum atomic E-state index is 5.37. The molecule has 0 rings (SSSR count). The topological polar surface area (TPSA) is 26.0 Å². The van der Waals surface area contributed by atoms with E-state index < -0.39 is 0 Å². The molecule has 0 aromatic heterocycles. The molecule has 0 radical (unpaired) electrons. The first-order valence-electron chi connectivity index (χ1n) is 4.09. The van der Waals surface area contributed by atoms with Crippen molar-refractivity contribution in [2.75, 3.05) is 6.54 Å². The van der Waals surface area contributed by atoms with Gasteiger partial charge in [-0.2, -0.15) is 0 Å². The first-order valence-corrected chi connectivity index (χ1v) is 4.09. The molecule has 0 atom stereocenters. The molecule has 0 aromatic carbocycles. The molecular formula is C10H17N. The molecule has 0 saturated heterocycles. The number of nitrogens with two attached hydrogens (primary N) is 1. The molecule has 0 aliphatic carbocycles. The number of hydrogen-bond acceptors (Lipinski definition) is 1. The predicted molar refractivity (Wildman–Crippen MR) is 50.1 cm³/mol. The van der Waals surface area contributed by atoms with Gasteiger partial charge in [0.1, 0.15) is 0 Å². The predicted octanol–water partition coefficient (Wildman–Crippen LogP) is 2.08. The smallest absolute Gasteiger partial charge is 0.00235 e. The fourth-order valence-electron chi connectivity index (χ4n) is 0.816. The molecule has 62 valence electrons. The van der Waals surface area contributed by atoms with E-state index in [1.54, 1.807) is 0 Å². The summed E-state index contributed by atoms with van der Waals surface area (Å²) in [6.07, 6.45) is 5.41. The van der Waals surface area contributed by atoms with E-state index in [2.05, 4.69) is 18.8 Å². The van der Waals surface area contributed by atoms with Crippen molar-refractivity contribution in [3.05, 3.63) is 11.6 Å². The van der Waals surface area contributed by atoms with Crippen LogP contribution in [0.2, 0.25) is 0 Å². The molecule has 0 aliphatic rings. The monoisotopic (exact) mass is 151 g/mol. The lowest BCUT2D eigenvalue weighted by Crippen LogP contribution is -1.97. The molecular weight excluding hydrogens is 134 g/mol. The van der Waals surface area contributed by atoms with E-state index in [0.29, 0.717) is 0 Å². The Labute approximate surface area is 69.7 Å². The third kappa shape index (κ3) is 7.15. The molecule has 0 aromatic rings. The molecule has 0 spiro atoms. The SMILES string of the molecule is CC#C/C=C(/C)CCCCN. The van der Waals surface area contributed by atoms with Crippen molar-refractivity contribution >= 4 is 0 Å². The average molecular weight is 151 g/mol. The van der Waals surface area contributed by atoms with Crippen LogP contribution < -0.4 is 5.73 Å². The number of unbranched alkanes of at least 4 members (excludes halogenated alkanes) is 1. The Morgan fingerprint density at radius 1 is 1.45 bits per heavy atom. The highest BCUT2D eigenvalue weighted by Gasteiger charge is 1.87. The van der Waals surface area contributed by atoms with Crippen molar-refractivity contribution in [1.29, 1.82) is 0 Å². The maximum Gasteiger partial charge on any atom is -0.00235 e. The van der Waals surface area contributed by atoms with Crippen LogP contribution in [0, 0.1) is 11.8 Å². The quantitative estimate of drug-likeness (QED) is 0.483. The van der Waals surface area contributed by atoms with Gasteiger partial charge in [-0.3, -0.25) is 0 Å². The summed E-state index contributed by atoms with van der Waals surface area (Å²) in [7, 11) is 0. The molecule has 0 saturated carbocycles. The molecule has 0 amide bonds. The van der Waals surface area contributed by atoms with Crippen molar-refractivity contribution < 1.29 is 0 Å². The number of rotatable bonds is 4. The van der Waals surface area contributed by atoms with Gasteiger partial charge >= 0.3 is 0 Å². The van der Waals surface area contributed by atoms with Gasteiger partial charge in [0.15, 0.2) is 0 Å². The molecule has 0 fully saturated rings. The minimum absolute atomic E-state index is 0.798. The number of hydrogen-bond donors (Lipinski definition) is 1. The van der Waals surface area contributed by atoms with Crippen molar-refractivity contribution in [2.24, 2.45) is 5.73 Å². The molecule has 2 N–H and O–H groups in total. The van der Waals surface area contributed by atoms with Gasteiger partial charge in [0.25, 0.3) is 0 Å². The summed E-state index contributed by atoms with van der Waals surface area (Å²) in [5.41, 5.74) is 6.72. The van der Waals surface area contributed by atoms with Crippen LogP contribution in [0.5, 0.6) is 0 Å². The summed E-state index contributed by atoms with van der Waals surface area (Å²) < 4.78 is 0. The minimum atomic E-state index is 0.798. The van der Waals surface area contributed by atoms with Gasteiger partial charge in [-0.25, -0.2) is 0 Å².